The monoisotopic (exact) mass is 257 g/mol. The van der Waals surface area contributed by atoms with Crippen LogP contribution in [-0.2, 0) is 9.84 Å². The maximum atomic E-state index is 12.8. The predicted molar refractivity (Wildman–Crippen MR) is 64.9 cm³/mol. The van der Waals surface area contributed by atoms with E-state index in [9.17, 15) is 12.8 Å². The minimum absolute atomic E-state index is 0.0228. The van der Waals surface area contributed by atoms with Crippen molar-refractivity contribution in [2.24, 2.45) is 11.7 Å². The van der Waals surface area contributed by atoms with E-state index >= 15 is 0 Å². The summed E-state index contributed by atoms with van der Waals surface area (Å²) in [6.07, 6.45) is 0. The fourth-order valence-corrected chi connectivity index (χ4v) is 4.34. The van der Waals surface area contributed by atoms with Gasteiger partial charge in [-0.3, -0.25) is 0 Å². The summed E-state index contributed by atoms with van der Waals surface area (Å²) in [5.74, 6) is -0.268. The van der Waals surface area contributed by atoms with Crippen molar-refractivity contribution >= 4 is 9.84 Å². The molecule has 1 aliphatic carbocycles. The SMILES string of the molecule is CCS(=O)(=O)[C@@H]1[C@H](CN)[C@@H]1c1ccc(F)cc1. The molecule has 3 nitrogen and oxygen atoms in total. The van der Waals surface area contributed by atoms with Gasteiger partial charge >= 0.3 is 0 Å². The van der Waals surface area contributed by atoms with Crippen molar-refractivity contribution in [2.75, 3.05) is 12.3 Å². The third-order valence-corrected chi connectivity index (χ3v) is 5.72. The van der Waals surface area contributed by atoms with Crippen molar-refractivity contribution in [3.63, 3.8) is 0 Å². The normalized spacial score (nSPS) is 28.1. The molecule has 1 fully saturated rings. The Hall–Kier alpha value is -0.940. The van der Waals surface area contributed by atoms with E-state index in [4.69, 9.17) is 5.73 Å². The van der Waals surface area contributed by atoms with Crippen LogP contribution in [0.25, 0.3) is 0 Å². The summed E-state index contributed by atoms with van der Waals surface area (Å²) in [6.45, 7) is 1.99. The highest BCUT2D eigenvalue weighted by Crippen LogP contribution is 2.51. The lowest BCUT2D eigenvalue weighted by Crippen LogP contribution is -2.15. The highest BCUT2D eigenvalue weighted by Gasteiger charge is 2.56. The highest BCUT2D eigenvalue weighted by atomic mass is 32.2. The standard InChI is InChI=1S/C12H16FNO2S/c1-2-17(15,16)12-10(7-14)11(12)8-3-5-9(13)6-4-8/h3-6,10-12H,2,7,14H2,1H3/t10-,11+,12-/m1/s1. The van der Waals surface area contributed by atoms with Crippen LogP contribution in [0.15, 0.2) is 24.3 Å². The van der Waals surface area contributed by atoms with E-state index < -0.39 is 9.84 Å². The Bertz CT molecular complexity index is 498. The third kappa shape index (κ3) is 2.21. The summed E-state index contributed by atoms with van der Waals surface area (Å²) in [5, 5.41) is -0.386. The summed E-state index contributed by atoms with van der Waals surface area (Å²) in [5.41, 5.74) is 6.46. The summed E-state index contributed by atoms with van der Waals surface area (Å²) in [6, 6.07) is 6.01. The maximum absolute atomic E-state index is 12.8. The Morgan fingerprint density at radius 3 is 2.35 bits per heavy atom. The molecular formula is C12H16FNO2S. The lowest BCUT2D eigenvalue weighted by atomic mass is 10.1. The second kappa shape index (κ2) is 4.38. The maximum Gasteiger partial charge on any atom is 0.153 e. The van der Waals surface area contributed by atoms with Crippen LogP contribution in [0.2, 0.25) is 0 Å². The number of nitrogens with two attached hydrogens (primary N) is 1. The van der Waals surface area contributed by atoms with Crippen molar-refractivity contribution in [1.82, 2.24) is 0 Å². The Labute approximate surface area is 101 Å². The van der Waals surface area contributed by atoms with Gasteiger partial charge in [0.05, 0.1) is 5.25 Å². The molecule has 0 spiro atoms. The zero-order valence-corrected chi connectivity index (χ0v) is 10.5. The number of halogens is 1. The van der Waals surface area contributed by atoms with Gasteiger partial charge in [-0.2, -0.15) is 0 Å². The molecule has 0 radical (unpaired) electrons. The molecule has 3 atom stereocenters. The Kier molecular flexibility index (Phi) is 3.23. The first-order valence-corrected chi connectivity index (χ1v) is 7.40. The van der Waals surface area contributed by atoms with Gasteiger partial charge < -0.3 is 5.73 Å². The predicted octanol–water partition coefficient (Wildman–Crippen LogP) is 1.30. The molecule has 17 heavy (non-hydrogen) atoms. The molecule has 1 aliphatic rings. The first kappa shape index (κ1) is 12.5. The van der Waals surface area contributed by atoms with Crippen LogP contribution in [-0.4, -0.2) is 26.0 Å². The van der Waals surface area contributed by atoms with Crippen molar-refractivity contribution in [2.45, 2.75) is 18.1 Å². The van der Waals surface area contributed by atoms with E-state index in [2.05, 4.69) is 0 Å². The van der Waals surface area contributed by atoms with E-state index in [1.807, 2.05) is 0 Å². The van der Waals surface area contributed by atoms with Gasteiger partial charge in [-0.1, -0.05) is 19.1 Å². The fourth-order valence-electron chi connectivity index (χ4n) is 2.43. The summed E-state index contributed by atoms with van der Waals surface area (Å²) in [4.78, 5) is 0. The summed E-state index contributed by atoms with van der Waals surface area (Å²) in [7, 11) is -3.07. The Morgan fingerprint density at radius 2 is 1.88 bits per heavy atom. The molecule has 0 unspecified atom stereocenters. The molecule has 0 heterocycles. The van der Waals surface area contributed by atoms with E-state index in [0.717, 1.165) is 5.56 Å². The second-order valence-corrected chi connectivity index (χ2v) is 6.84. The molecule has 2 rings (SSSR count). The lowest BCUT2D eigenvalue weighted by molar-refractivity contribution is 0.593. The molecule has 1 aromatic rings. The van der Waals surface area contributed by atoms with Gasteiger partial charge in [0.15, 0.2) is 9.84 Å². The van der Waals surface area contributed by atoms with Crippen molar-refractivity contribution in [3.05, 3.63) is 35.6 Å². The topological polar surface area (TPSA) is 60.2 Å². The van der Waals surface area contributed by atoms with Crippen molar-refractivity contribution in [3.8, 4) is 0 Å². The smallest absolute Gasteiger partial charge is 0.153 e. The zero-order valence-electron chi connectivity index (χ0n) is 9.64. The van der Waals surface area contributed by atoms with Crippen LogP contribution in [0.4, 0.5) is 4.39 Å². The van der Waals surface area contributed by atoms with Crippen molar-refractivity contribution < 1.29 is 12.8 Å². The van der Waals surface area contributed by atoms with Crippen LogP contribution >= 0.6 is 0 Å². The summed E-state index contributed by atoms with van der Waals surface area (Å²) < 4.78 is 36.5. The first-order valence-electron chi connectivity index (χ1n) is 5.68. The molecule has 0 aromatic heterocycles. The van der Waals surface area contributed by atoms with Gasteiger partial charge in [-0.05, 0) is 30.2 Å². The van der Waals surface area contributed by atoms with E-state index in [1.54, 1.807) is 19.1 Å². The second-order valence-electron chi connectivity index (χ2n) is 4.39. The average Bonchev–Trinajstić information content (AvgIpc) is 3.05. The fraction of sp³-hybridized carbons (Fsp3) is 0.500. The first-order chi connectivity index (χ1) is 8.01. The number of hydrogen-bond acceptors (Lipinski definition) is 3. The lowest BCUT2D eigenvalue weighted by Gasteiger charge is -2.00. The Balaban J connectivity index is 2.26. The Morgan fingerprint density at radius 1 is 1.29 bits per heavy atom. The highest BCUT2D eigenvalue weighted by molar-refractivity contribution is 7.92. The molecule has 0 amide bonds. The van der Waals surface area contributed by atoms with Crippen LogP contribution in [0.3, 0.4) is 0 Å². The van der Waals surface area contributed by atoms with Gasteiger partial charge in [0.1, 0.15) is 5.82 Å². The number of rotatable bonds is 4. The summed E-state index contributed by atoms with van der Waals surface area (Å²) >= 11 is 0. The third-order valence-electron chi connectivity index (χ3n) is 3.44. The molecule has 0 saturated heterocycles. The van der Waals surface area contributed by atoms with Gasteiger partial charge in [0.2, 0.25) is 0 Å². The molecule has 94 valence electrons. The molecule has 0 aliphatic heterocycles. The van der Waals surface area contributed by atoms with Crippen molar-refractivity contribution in [1.29, 1.82) is 0 Å². The molecule has 1 saturated carbocycles. The minimum atomic E-state index is -3.07. The molecular weight excluding hydrogens is 241 g/mol. The van der Waals surface area contributed by atoms with E-state index in [0.29, 0.717) is 6.54 Å². The molecule has 1 aromatic carbocycles. The van der Waals surface area contributed by atoms with E-state index in [-0.39, 0.29) is 28.7 Å². The van der Waals surface area contributed by atoms with Gasteiger partial charge in [-0.15, -0.1) is 0 Å². The average molecular weight is 257 g/mol. The van der Waals surface area contributed by atoms with Gasteiger partial charge in [-0.25, -0.2) is 12.8 Å². The quantitative estimate of drug-likeness (QED) is 0.884. The number of sulfone groups is 1. The number of benzene rings is 1. The van der Waals surface area contributed by atoms with Crippen LogP contribution in [0, 0.1) is 11.7 Å². The minimum Gasteiger partial charge on any atom is -0.330 e. The van der Waals surface area contributed by atoms with Gasteiger partial charge in [0.25, 0.3) is 0 Å². The number of hydrogen-bond donors (Lipinski definition) is 1. The van der Waals surface area contributed by atoms with E-state index in [1.165, 1.54) is 12.1 Å². The zero-order chi connectivity index (χ0) is 12.6. The molecule has 0 bridgehead atoms. The van der Waals surface area contributed by atoms with Crippen LogP contribution in [0.5, 0.6) is 0 Å². The molecule has 5 heteroatoms. The molecule has 2 N–H and O–H groups in total. The van der Waals surface area contributed by atoms with Crippen LogP contribution < -0.4 is 5.73 Å². The van der Waals surface area contributed by atoms with Gasteiger partial charge in [0, 0.05) is 11.7 Å². The van der Waals surface area contributed by atoms with Crippen LogP contribution in [0.1, 0.15) is 18.4 Å². The largest absolute Gasteiger partial charge is 0.330 e.